The first-order chi connectivity index (χ1) is 13.0. The van der Waals surface area contributed by atoms with E-state index in [4.69, 9.17) is 0 Å². The van der Waals surface area contributed by atoms with Gasteiger partial charge in [-0.05, 0) is 12.3 Å². The minimum Gasteiger partial charge on any atom is -0.444 e. The van der Waals surface area contributed by atoms with Crippen LogP contribution in [0, 0.1) is 5.92 Å². The molecule has 1 fully saturated rings. The Morgan fingerprint density at radius 2 is 1.23 bits per heavy atom. The summed E-state index contributed by atoms with van der Waals surface area (Å²) in [6, 6.07) is -1.07. The Morgan fingerprint density at radius 3 is 1.63 bits per heavy atom. The normalized spacial score (nSPS) is 22.3. The van der Waals surface area contributed by atoms with E-state index in [1.54, 1.807) is 0 Å². The summed E-state index contributed by atoms with van der Waals surface area (Å²) in [4.78, 5) is 11.1. The van der Waals surface area contributed by atoms with Crippen molar-refractivity contribution in [1.82, 2.24) is 5.32 Å². The first kappa shape index (κ1) is 26.4. The SMILES string of the molecule is CC(C)[C@H]1NC(=O)O[C@H]1CCC(F)(F)C(F)(F)C(F)(F)C(F)(F)C(F)(F)C(F)(F)F. The second kappa shape index (κ2) is 7.50. The maximum absolute atomic E-state index is 13.7. The first-order valence-corrected chi connectivity index (χ1v) is 7.97. The van der Waals surface area contributed by atoms with Gasteiger partial charge in [-0.25, -0.2) is 4.79 Å². The molecule has 178 valence electrons. The van der Waals surface area contributed by atoms with Crippen LogP contribution < -0.4 is 5.32 Å². The average Bonchev–Trinajstić information content (AvgIpc) is 2.92. The van der Waals surface area contributed by atoms with Gasteiger partial charge >= 0.3 is 41.9 Å². The Labute approximate surface area is 159 Å². The number of nitrogens with one attached hydrogen (secondary N) is 1. The van der Waals surface area contributed by atoms with E-state index in [-0.39, 0.29) is 0 Å². The van der Waals surface area contributed by atoms with Gasteiger partial charge in [0.25, 0.3) is 0 Å². The molecule has 0 aromatic heterocycles. The van der Waals surface area contributed by atoms with Crippen LogP contribution in [0.15, 0.2) is 0 Å². The van der Waals surface area contributed by atoms with Crippen molar-refractivity contribution >= 4 is 6.09 Å². The molecule has 0 aliphatic carbocycles. The molecule has 3 nitrogen and oxygen atoms in total. The predicted molar refractivity (Wildman–Crippen MR) is 72.1 cm³/mol. The van der Waals surface area contributed by atoms with Crippen molar-refractivity contribution in [3.05, 3.63) is 0 Å². The molecule has 0 aromatic rings. The Hall–Kier alpha value is -1.64. The van der Waals surface area contributed by atoms with Gasteiger partial charge in [-0.1, -0.05) is 13.8 Å². The molecule has 0 bridgehead atoms. The lowest BCUT2D eigenvalue weighted by molar-refractivity contribution is -0.440. The number of alkyl carbamates (subject to hydrolysis) is 1. The lowest BCUT2D eigenvalue weighted by Gasteiger charge is -2.40. The Bertz CT molecular complexity index is 644. The second-order valence-electron chi connectivity index (χ2n) is 6.90. The van der Waals surface area contributed by atoms with Gasteiger partial charge in [0.2, 0.25) is 0 Å². The third-order valence-corrected chi connectivity index (χ3v) is 4.40. The van der Waals surface area contributed by atoms with E-state index in [1.807, 2.05) is 0 Å². The van der Waals surface area contributed by atoms with Gasteiger partial charge in [0.1, 0.15) is 6.10 Å². The van der Waals surface area contributed by atoms with Crippen LogP contribution in [-0.4, -0.2) is 54.0 Å². The monoisotopic (exact) mass is 475 g/mol. The van der Waals surface area contributed by atoms with Gasteiger partial charge in [-0.3, -0.25) is 0 Å². The van der Waals surface area contributed by atoms with Crippen molar-refractivity contribution in [3.8, 4) is 0 Å². The summed E-state index contributed by atoms with van der Waals surface area (Å²) in [7, 11) is 0. The second-order valence-corrected chi connectivity index (χ2v) is 6.90. The molecule has 0 spiro atoms. The van der Waals surface area contributed by atoms with Crippen molar-refractivity contribution < 1.29 is 66.6 Å². The molecule has 1 saturated heterocycles. The summed E-state index contributed by atoms with van der Waals surface area (Å²) >= 11 is 0. The molecule has 2 atom stereocenters. The summed E-state index contributed by atoms with van der Waals surface area (Å²) in [5.41, 5.74) is 0. The molecule has 1 amide bonds. The number of hydrogen-bond acceptors (Lipinski definition) is 2. The highest BCUT2D eigenvalue weighted by Gasteiger charge is 2.90. The van der Waals surface area contributed by atoms with E-state index in [2.05, 4.69) is 10.1 Å². The van der Waals surface area contributed by atoms with Crippen LogP contribution in [0.1, 0.15) is 26.7 Å². The third kappa shape index (κ3) is 3.97. The molecule has 0 saturated carbocycles. The molecular formula is C14H14F13NO2. The van der Waals surface area contributed by atoms with Gasteiger partial charge in [0, 0.05) is 6.42 Å². The van der Waals surface area contributed by atoms with E-state index in [1.165, 1.54) is 13.8 Å². The number of cyclic esters (lactones) is 1. The maximum atomic E-state index is 13.7. The Morgan fingerprint density at radius 1 is 0.800 bits per heavy atom. The zero-order chi connectivity index (χ0) is 24.1. The van der Waals surface area contributed by atoms with Gasteiger partial charge < -0.3 is 10.1 Å². The van der Waals surface area contributed by atoms with Crippen LogP contribution in [0.2, 0.25) is 0 Å². The molecule has 16 heteroatoms. The predicted octanol–water partition coefficient (Wildman–Crippen LogP) is 5.64. The molecule has 1 N–H and O–H groups in total. The highest BCUT2D eigenvalue weighted by atomic mass is 19.4. The molecule has 30 heavy (non-hydrogen) atoms. The number of rotatable bonds is 8. The summed E-state index contributed by atoms with van der Waals surface area (Å²) in [5, 5.41) is 2.08. The van der Waals surface area contributed by atoms with Gasteiger partial charge in [-0.2, -0.15) is 57.1 Å². The Kier molecular flexibility index (Phi) is 6.60. The number of halogens is 13. The van der Waals surface area contributed by atoms with Crippen LogP contribution in [0.3, 0.4) is 0 Å². The first-order valence-electron chi connectivity index (χ1n) is 7.97. The lowest BCUT2D eigenvalue weighted by atomic mass is 9.89. The van der Waals surface area contributed by atoms with E-state index in [9.17, 15) is 61.9 Å². The van der Waals surface area contributed by atoms with Crippen LogP contribution >= 0.6 is 0 Å². The zero-order valence-electron chi connectivity index (χ0n) is 14.9. The standard InChI is InChI=1S/C14H14F13NO2/c1-5(2)7-6(30-8(29)28-7)3-4-9(15,16)10(17,18)11(19,20)12(21,22)13(23,24)14(25,26)27/h5-7H,3-4H2,1-2H3,(H,28,29)/t6-,7+/m0/s1. The largest absolute Gasteiger partial charge is 0.460 e. The highest BCUT2D eigenvalue weighted by molar-refractivity contribution is 5.70. The number of hydrogen-bond donors (Lipinski definition) is 1. The Balaban J connectivity index is 3.19. The molecule has 1 rings (SSSR count). The molecule has 0 aromatic carbocycles. The fourth-order valence-corrected chi connectivity index (χ4v) is 2.59. The quantitative estimate of drug-likeness (QED) is 0.462. The van der Waals surface area contributed by atoms with Crippen LogP contribution in [-0.2, 0) is 4.74 Å². The number of carbonyl (C=O) groups excluding carboxylic acids is 1. The van der Waals surface area contributed by atoms with Gasteiger partial charge in [-0.15, -0.1) is 0 Å². The molecule has 1 aliphatic rings. The summed E-state index contributed by atoms with van der Waals surface area (Å²) in [6.45, 7) is 2.82. The number of amides is 1. The summed E-state index contributed by atoms with van der Waals surface area (Å²) < 4.78 is 174. The van der Waals surface area contributed by atoms with E-state index in [0.29, 0.717) is 0 Å². The lowest BCUT2D eigenvalue weighted by Crippen LogP contribution is -2.70. The minimum absolute atomic E-state index is 0.549. The fourth-order valence-electron chi connectivity index (χ4n) is 2.59. The molecule has 1 heterocycles. The van der Waals surface area contributed by atoms with Crippen LogP contribution in [0.25, 0.3) is 0 Å². The third-order valence-electron chi connectivity index (χ3n) is 4.40. The topological polar surface area (TPSA) is 38.3 Å². The van der Waals surface area contributed by atoms with Crippen molar-refractivity contribution in [2.24, 2.45) is 5.92 Å². The minimum atomic E-state index is -7.92. The summed E-state index contributed by atoms with van der Waals surface area (Å²) in [6.07, 6.45) is -14.0. The number of ether oxygens (including phenoxy) is 1. The average molecular weight is 475 g/mol. The van der Waals surface area contributed by atoms with Gasteiger partial charge in [0.15, 0.2) is 0 Å². The number of carbonyl (C=O) groups is 1. The maximum Gasteiger partial charge on any atom is 0.460 e. The fraction of sp³-hybridized carbons (Fsp3) is 0.929. The molecule has 0 unspecified atom stereocenters. The van der Waals surface area contributed by atoms with Crippen molar-refractivity contribution in [3.63, 3.8) is 0 Å². The van der Waals surface area contributed by atoms with Crippen molar-refractivity contribution in [2.75, 3.05) is 0 Å². The zero-order valence-corrected chi connectivity index (χ0v) is 14.9. The van der Waals surface area contributed by atoms with E-state index in [0.717, 1.165) is 0 Å². The smallest absolute Gasteiger partial charge is 0.444 e. The van der Waals surface area contributed by atoms with E-state index >= 15 is 0 Å². The molecule has 0 radical (unpaired) electrons. The molecular weight excluding hydrogens is 461 g/mol. The highest BCUT2D eigenvalue weighted by Crippen LogP contribution is 2.60. The van der Waals surface area contributed by atoms with Crippen LogP contribution in [0.4, 0.5) is 61.9 Å². The number of alkyl halides is 13. The van der Waals surface area contributed by atoms with Gasteiger partial charge in [0.05, 0.1) is 6.04 Å². The van der Waals surface area contributed by atoms with E-state index < -0.39 is 72.8 Å². The van der Waals surface area contributed by atoms with Crippen LogP contribution in [0.5, 0.6) is 0 Å². The van der Waals surface area contributed by atoms with Crippen molar-refractivity contribution in [2.45, 2.75) is 74.6 Å². The molecule has 1 aliphatic heterocycles. The summed E-state index contributed by atoms with van der Waals surface area (Å²) in [5.74, 6) is -37.6. The van der Waals surface area contributed by atoms with Crippen molar-refractivity contribution in [1.29, 1.82) is 0 Å².